The maximum absolute atomic E-state index is 12.6. The first kappa shape index (κ1) is 16.9. The summed E-state index contributed by atoms with van der Waals surface area (Å²) in [7, 11) is -3.62. The van der Waals surface area contributed by atoms with Crippen molar-refractivity contribution in [1.82, 2.24) is 9.21 Å². The first-order chi connectivity index (χ1) is 11.3. The number of imide groups is 1. The largest absolute Gasteiger partial charge is 0.491 e. The van der Waals surface area contributed by atoms with Gasteiger partial charge in [-0.1, -0.05) is 0 Å². The number of carbonyl (C=O) groups excluding carboxylic acids is 2. The standard InChI is InChI=1S/C16H20N2O5S/c1-11(2)23-13-3-5-14(6-4-13)24(21,22)17-9-12(10-17)18-15(19)7-8-16(18)20/h3-6,11-12H,7-10H2,1-2H3. The molecule has 2 amide bonds. The molecule has 0 aliphatic carbocycles. The van der Waals surface area contributed by atoms with E-state index in [0.717, 1.165) is 0 Å². The molecule has 0 aromatic heterocycles. The van der Waals surface area contributed by atoms with Crippen LogP contribution in [-0.4, -0.2) is 54.7 Å². The van der Waals surface area contributed by atoms with Crippen molar-refractivity contribution >= 4 is 21.8 Å². The maximum Gasteiger partial charge on any atom is 0.243 e. The molecule has 1 aromatic carbocycles. The van der Waals surface area contributed by atoms with Gasteiger partial charge in [-0.15, -0.1) is 0 Å². The van der Waals surface area contributed by atoms with Gasteiger partial charge in [-0.2, -0.15) is 4.31 Å². The SMILES string of the molecule is CC(C)Oc1ccc(S(=O)(=O)N2CC(N3C(=O)CCC3=O)C2)cc1. The van der Waals surface area contributed by atoms with E-state index in [-0.39, 0.29) is 54.8 Å². The van der Waals surface area contributed by atoms with Crippen LogP contribution < -0.4 is 4.74 Å². The minimum atomic E-state index is -3.62. The Morgan fingerprint density at radius 1 is 1.04 bits per heavy atom. The predicted octanol–water partition coefficient (Wildman–Crippen LogP) is 0.996. The molecule has 8 heteroatoms. The summed E-state index contributed by atoms with van der Waals surface area (Å²) in [4.78, 5) is 24.8. The molecule has 2 aliphatic rings. The van der Waals surface area contributed by atoms with E-state index in [1.165, 1.54) is 21.3 Å². The fourth-order valence-electron chi connectivity index (χ4n) is 2.89. The number of likely N-dealkylation sites (tertiary alicyclic amines) is 1. The molecule has 2 aliphatic heterocycles. The van der Waals surface area contributed by atoms with Crippen LogP contribution in [-0.2, 0) is 19.6 Å². The molecule has 3 rings (SSSR count). The lowest BCUT2D eigenvalue weighted by Gasteiger charge is -2.41. The van der Waals surface area contributed by atoms with Gasteiger partial charge in [0.15, 0.2) is 0 Å². The van der Waals surface area contributed by atoms with E-state index in [9.17, 15) is 18.0 Å². The first-order valence-corrected chi connectivity index (χ1v) is 9.35. The van der Waals surface area contributed by atoms with Crippen LogP contribution in [0.5, 0.6) is 5.75 Å². The highest BCUT2D eigenvalue weighted by Gasteiger charge is 2.45. The third kappa shape index (κ3) is 3.03. The molecule has 0 unspecified atom stereocenters. The summed E-state index contributed by atoms with van der Waals surface area (Å²) in [6.45, 7) is 4.10. The molecule has 2 heterocycles. The van der Waals surface area contributed by atoms with Gasteiger partial charge in [0.2, 0.25) is 21.8 Å². The Morgan fingerprint density at radius 2 is 1.58 bits per heavy atom. The molecule has 0 atom stereocenters. The second-order valence-electron chi connectivity index (χ2n) is 6.27. The quantitative estimate of drug-likeness (QED) is 0.738. The maximum atomic E-state index is 12.6. The normalized spacial score (nSPS) is 19.9. The lowest BCUT2D eigenvalue weighted by molar-refractivity contribution is -0.143. The van der Waals surface area contributed by atoms with E-state index >= 15 is 0 Å². The molecule has 0 bridgehead atoms. The van der Waals surface area contributed by atoms with Gasteiger partial charge in [0.25, 0.3) is 0 Å². The summed E-state index contributed by atoms with van der Waals surface area (Å²) in [5.74, 6) is 0.188. The molecule has 130 valence electrons. The van der Waals surface area contributed by atoms with Crippen LogP contribution in [0.2, 0.25) is 0 Å². The Bertz CT molecular complexity index is 735. The smallest absolute Gasteiger partial charge is 0.243 e. The molecule has 7 nitrogen and oxygen atoms in total. The molecule has 0 saturated carbocycles. The zero-order valence-corrected chi connectivity index (χ0v) is 14.5. The van der Waals surface area contributed by atoms with Gasteiger partial charge in [0.1, 0.15) is 5.75 Å². The number of benzene rings is 1. The fraction of sp³-hybridized carbons (Fsp3) is 0.500. The van der Waals surface area contributed by atoms with Crippen molar-refractivity contribution < 1.29 is 22.7 Å². The van der Waals surface area contributed by atoms with Crippen molar-refractivity contribution in [3.63, 3.8) is 0 Å². The zero-order chi connectivity index (χ0) is 17.5. The van der Waals surface area contributed by atoms with Gasteiger partial charge in [0, 0.05) is 25.9 Å². The average molecular weight is 352 g/mol. The van der Waals surface area contributed by atoms with E-state index in [1.807, 2.05) is 13.8 Å². The summed E-state index contributed by atoms with van der Waals surface area (Å²) < 4.78 is 31.9. The van der Waals surface area contributed by atoms with E-state index < -0.39 is 10.0 Å². The van der Waals surface area contributed by atoms with Gasteiger partial charge in [-0.3, -0.25) is 14.5 Å². The molecule has 24 heavy (non-hydrogen) atoms. The van der Waals surface area contributed by atoms with Crippen LogP contribution in [0, 0.1) is 0 Å². The first-order valence-electron chi connectivity index (χ1n) is 7.91. The van der Waals surface area contributed by atoms with Crippen LogP contribution in [0.4, 0.5) is 0 Å². The highest BCUT2D eigenvalue weighted by molar-refractivity contribution is 7.89. The summed E-state index contributed by atoms with van der Waals surface area (Å²) in [5, 5.41) is 0. The van der Waals surface area contributed by atoms with Gasteiger partial charge >= 0.3 is 0 Å². The second-order valence-corrected chi connectivity index (χ2v) is 8.21. The number of sulfonamides is 1. The minimum absolute atomic E-state index is 0.0131. The van der Waals surface area contributed by atoms with Crippen LogP contribution in [0.15, 0.2) is 29.2 Å². The Labute approximate surface area is 141 Å². The summed E-state index contributed by atoms with van der Waals surface area (Å²) in [6.07, 6.45) is 0.456. The van der Waals surface area contributed by atoms with Gasteiger partial charge in [-0.05, 0) is 38.1 Å². The monoisotopic (exact) mass is 352 g/mol. The van der Waals surface area contributed by atoms with Crippen LogP contribution in [0.25, 0.3) is 0 Å². The molecule has 1 aromatic rings. The number of hydrogen-bond acceptors (Lipinski definition) is 5. The molecule has 0 radical (unpaired) electrons. The predicted molar refractivity (Wildman–Crippen MR) is 85.8 cm³/mol. The molecule has 2 saturated heterocycles. The third-order valence-corrected chi connectivity index (χ3v) is 5.96. The topological polar surface area (TPSA) is 84.0 Å². The summed E-state index contributed by atoms with van der Waals surface area (Å²) in [5.41, 5.74) is 0. The van der Waals surface area contributed by atoms with Crippen LogP contribution in [0.1, 0.15) is 26.7 Å². The number of ether oxygens (including phenoxy) is 1. The third-order valence-electron chi connectivity index (χ3n) is 4.12. The number of rotatable bonds is 5. The Hall–Kier alpha value is -1.93. The van der Waals surface area contributed by atoms with E-state index in [0.29, 0.717) is 5.75 Å². The summed E-state index contributed by atoms with van der Waals surface area (Å²) >= 11 is 0. The molecule has 0 spiro atoms. The zero-order valence-electron chi connectivity index (χ0n) is 13.6. The van der Waals surface area contributed by atoms with Crippen molar-refractivity contribution in [2.75, 3.05) is 13.1 Å². The lowest BCUT2D eigenvalue weighted by atomic mass is 10.1. The van der Waals surface area contributed by atoms with Crippen molar-refractivity contribution in [3.05, 3.63) is 24.3 Å². The van der Waals surface area contributed by atoms with E-state index in [2.05, 4.69) is 0 Å². The lowest BCUT2D eigenvalue weighted by Crippen LogP contribution is -2.62. The fourth-order valence-corrected chi connectivity index (χ4v) is 4.40. The Kier molecular flexibility index (Phi) is 4.35. The number of carbonyl (C=O) groups is 2. The van der Waals surface area contributed by atoms with Gasteiger partial charge in [0.05, 0.1) is 17.0 Å². The molecule has 0 N–H and O–H groups in total. The summed E-state index contributed by atoms with van der Waals surface area (Å²) in [6, 6.07) is 5.92. The molecular weight excluding hydrogens is 332 g/mol. The van der Waals surface area contributed by atoms with E-state index in [1.54, 1.807) is 12.1 Å². The Balaban J connectivity index is 1.67. The highest BCUT2D eigenvalue weighted by Crippen LogP contribution is 2.28. The highest BCUT2D eigenvalue weighted by atomic mass is 32.2. The number of amides is 2. The molecule has 2 fully saturated rings. The van der Waals surface area contributed by atoms with Gasteiger partial charge < -0.3 is 4.74 Å². The Morgan fingerprint density at radius 3 is 2.08 bits per heavy atom. The average Bonchev–Trinajstić information content (AvgIpc) is 2.78. The van der Waals surface area contributed by atoms with Crippen molar-refractivity contribution in [2.45, 2.75) is 43.7 Å². The second kappa shape index (κ2) is 6.18. The van der Waals surface area contributed by atoms with Crippen molar-refractivity contribution in [3.8, 4) is 5.75 Å². The number of nitrogens with zero attached hydrogens (tertiary/aromatic N) is 2. The molecular formula is C16H20N2O5S. The van der Waals surface area contributed by atoms with Gasteiger partial charge in [-0.25, -0.2) is 8.42 Å². The van der Waals surface area contributed by atoms with Crippen LogP contribution in [0.3, 0.4) is 0 Å². The van der Waals surface area contributed by atoms with E-state index in [4.69, 9.17) is 4.74 Å². The number of hydrogen-bond donors (Lipinski definition) is 0. The van der Waals surface area contributed by atoms with Crippen molar-refractivity contribution in [1.29, 1.82) is 0 Å². The van der Waals surface area contributed by atoms with Crippen LogP contribution >= 0.6 is 0 Å². The minimum Gasteiger partial charge on any atom is -0.491 e. The van der Waals surface area contributed by atoms with Crippen molar-refractivity contribution in [2.24, 2.45) is 0 Å².